The Kier molecular flexibility index (Phi) is 3.51. The van der Waals surface area contributed by atoms with Crippen LogP contribution in [0.4, 0.5) is 10.1 Å². The number of rotatable bonds is 3. The SMILES string of the molecule is CNc1cc(CCO)cc(Cl)c1F. The van der Waals surface area contributed by atoms with Crippen LogP contribution in [0.1, 0.15) is 5.56 Å². The molecule has 0 amide bonds. The van der Waals surface area contributed by atoms with E-state index >= 15 is 0 Å². The molecule has 0 aliphatic rings. The Balaban J connectivity index is 3.06. The van der Waals surface area contributed by atoms with Gasteiger partial charge in [0.2, 0.25) is 0 Å². The molecule has 0 fully saturated rings. The lowest BCUT2D eigenvalue weighted by Crippen LogP contribution is -1.97. The second-order valence-corrected chi connectivity index (χ2v) is 3.07. The lowest BCUT2D eigenvalue weighted by Gasteiger charge is -2.06. The molecule has 0 aliphatic carbocycles. The van der Waals surface area contributed by atoms with Crippen LogP contribution in [-0.2, 0) is 6.42 Å². The van der Waals surface area contributed by atoms with E-state index in [-0.39, 0.29) is 11.6 Å². The number of hydrogen-bond acceptors (Lipinski definition) is 2. The van der Waals surface area contributed by atoms with Crippen molar-refractivity contribution in [1.29, 1.82) is 0 Å². The summed E-state index contributed by atoms with van der Waals surface area (Å²) in [7, 11) is 1.62. The number of aliphatic hydroxyl groups is 1. The lowest BCUT2D eigenvalue weighted by molar-refractivity contribution is 0.299. The van der Waals surface area contributed by atoms with Gasteiger partial charge >= 0.3 is 0 Å². The van der Waals surface area contributed by atoms with Crippen molar-refractivity contribution in [2.24, 2.45) is 0 Å². The maximum Gasteiger partial charge on any atom is 0.164 e. The molecule has 4 heteroatoms. The number of anilines is 1. The molecule has 0 unspecified atom stereocenters. The van der Waals surface area contributed by atoms with E-state index in [4.69, 9.17) is 16.7 Å². The topological polar surface area (TPSA) is 32.3 Å². The first-order valence-corrected chi connectivity index (χ1v) is 4.33. The van der Waals surface area contributed by atoms with Crippen LogP contribution in [0.25, 0.3) is 0 Å². The number of halogens is 2. The summed E-state index contributed by atoms with van der Waals surface area (Å²) in [4.78, 5) is 0. The molecule has 1 aromatic rings. The first-order valence-electron chi connectivity index (χ1n) is 3.95. The molecule has 72 valence electrons. The highest BCUT2D eigenvalue weighted by Gasteiger charge is 2.07. The molecule has 0 saturated carbocycles. The van der Waals surface area contributed by atoms with Crippen molar-refractivity contribution in [3.63, 3.8) is 0 Å². The van der Waals surface area contributed by atoms with Crippen LogP contribution in [0.2, 0.25) is 5.02 Å². The number of hydrogen-bond donors (Lipinski definition) is 2. The zero-order valence-corrected chi connectivity index (χ0v) is 8.03. The molecule has 2 nitrogen and oxygen atoms in total. The summed E-state index contributed by atoms with van der Waals surface area (Å²) in [5, 5.41) is 11.5. The van der Waals surface area contributed by atoms with E-state index in [1.165, 1.54) is 6.07 Å². The van der Waals surface area contributed by atoms with Crippen molar-refractivity contribution in [3.8, 4) is 0 Å². The third kappa shape index (κ3) is 2.32. The minimum absolute atomic E-state index is 0.0329. The smallest absolute Gasteiger partial charge is 0.164 e. The summed E-state index contributed by atoms with van der Waals surface area (Å²) in [5.74, 6) is -0.453. The molecule has 0 spiro atoms. The lowest BCUT2D eigenvalue weighted by atomic mass is 10.1. The van der Waals surface area contributed by atoms with Crippen molar-refractivity contribution in [2.45, 2.75) is 6.42 Å². The van der Waals surface area contributed by atoms with Gasteiger partial charge < -0.3 is 10.4 Å². The molecule has 0 aromatic heterocycles. The van der Waals surface area contributed by atoms with Gasteiger partial charge in [-0.1, -0.05) is 11.6 Å². The predicted molar refractivity (Wildman–Crippen MR) is 51.7 cm³/mol. The summed E-state index contributed by atoms with van der Waals surface area (Å²) in [6.45, 7) is 0.0329. The summed E-state index contributed by atoms with van der Waals surface area (Å²) >= 11 is 5.64. The van der Waals surface area contributed by atoms with Crippen molar-refractivity contribution in [1.82, 2.24) is 0 Å². The first-order chi connectivity index (χ1) is 6.19. The van der Waals surface area contributed by atoms with E-state index in [1.54, 1.807) is 13.1 Å². The van der Waals surface area contributed by atoms with Crippen LogP contribution in [0.15, 0.2) is 12.1 Å². The van der Waals surface area contributed by atoms with Crippen LogP contribution in [-0.4, -0.2) is 18.8 Å². The largest absolute Gasteiger partial charge is 0.396 e. The summed E-state index contributed by atoms with van der Waals surface area (Å²) < 4.78 is 13.2. The highest BCUT2D eigenvalue weighted by Crippen LogP contribution is 2.24. The van der Waals surface area contributed by atoms with Gasteiger partial charge in [-0.3, -0.25) is 0 Å². The zero-order valence-electron chi connectivity index (χ0n) is 7.27. The fourth-order valence-electron chi connectivity index (χ4n) is 1.10. The molecule has 0 radical (unpaired) electrons. The molecule has 0 aliphatic heterocycles. The fourth-order valence-corrected chi connectivity index (χ4v) is 1.34. The molecule has 0 bridgehead atoms. The van der Waals surface area contributed by atoms with E-state index in [1.807, 2.05) is 0 Å². The van der Waals surface area contributed by atoms with Gasteiger partial charge in [-0.15, -0.1) is 0 Å². The molecule has 1 aromatic carbocycles. The molecular formula is C9H11ClFNO. The van der Waals surface area contributed by atoms with Gasteiger partial charge in [0.25, 0.3) is 0 Å². The molecule has 0 saturated heterocycles. The maximum atomic E-state index is 13.2. The average molecular weight is 204 g/mol. The summed E-state index contributed by atoms with van der Waals surface area (Å²) in [6, 6.07) is 3.16. The monoisotopic (exact) mass is 203 g/mol. The second-order valence-electron chi connectivity index (χ2n) is 2.66. The van der Waals surface area contributed by atoms with Gasteiger partial charge in [0.1, 0.15) is 0 Å². The number of aliphatic hydroxyl groups excluding tert-OH is 1. The van der Waals surface area contributed by atoms with Crippen molar-refractivity contribution >= 4 is 17.3 Å². The molecule has 0 heterocycles. The molecule has 1 rings (SSSR count). The van der Waals surface area contributed by atoms with Gasteiger partial charge in [0.15, 0.2) is 5.82 Å². The number of nitrogens with one attached hydrogen (secondary N) is 1. The van der Waals surface area contributed by atoms with Crippen molar-refractivity contribution in [2.75, 3.05) is 19.0 Å². The van der Waals surface area contributed by atoms with Gasteiger partial charge in [-0.25, -0.2) is 4.39 Å². The van der Waals surface area contributed by atoms with Crippen LogP contribution in [0.3, 0.4) is 0 Å². The van der Waals surface area contributed by atoms with E-state index in [0.717, 1.165) is 5.56 Å². The standard InChI is InChI=1S/C9H11ClFNO/c1-12-8-5-6(2-3-13)4-7(10)9(8)11/h4-5,12-13H,2-3H2,1H3. The minimum Gasteiger partial charge on any atom is -0.396 e. The fraction of sp³-hybridized carbons (Fsp3) is 0.333. The zero-order chi connectivity index (χ0) is 9.84. The quantitative estimate of drug-likeness (QED) is 0.788. The van der Waals surface area contributed by atoms with Gasteiger partial charge in [-0.2, -0.15) is 0 Å². The molecule has 13 heavy (non-hydrogen) atoms. The molecule has 0 atom stereocenters. The molecular weight excluding hydrogens is 193 g/mol. The van der Waals surface area contributed by atoms with Gasteiger partial charge in [0, 0.05) is 13.7 Å². The van der Waals surface area contributed by atoms with Crippen molar-refractivity contribution in [3.05, 3.63) is 28.5 Å². The summed E-state index contributed by atoms with van der Waals surface area (Å²) in [5.41, 5.74) is 1.18. The highest BCUT2D eigenvalue weighted by atomic mass is 35.5. The maximum absolute atomic E-state index is 13.2. The Morgan fingerprint density at radius 3 is 2.77 bits per heavy atom. The van der Waals surface area contributed by atoms with Crippen LogP contribution in [0.5, 0.6) is 0 Å². The predicted octanol–water partition coefficient (Wildman–Crippen LogP) is 2.06. The normalized spacial score (nSPS) is 10.2. The van der Waals surface area contributed by atoms with E-state index < -0.39 is 5.82 Å². The Labute approximate surface area is 81.3 Å². The third-order valence-corrected chi connectivity index (χ3v) is 2.03. The molecule has 2 N–H and O–H groups in total. The Morgan fingerprint density at radius 1 is 1.54 bits per heavy atom. The van der Waals surface area contributed by atoms with Gasteiger partial charge in [-0.05, 0) is 24.1 Å². The Hall–Kier alpha value is -0.800. The average Bonchev–Trinajstić information content (AvgIpc) is 2.11. The van der Waals surface area contributed by atoms with Crippen LogP contribution < -0.4 is 5.32 Å². The van der Waals surface area contributed by atoms with Crippen molar-refractivity contribution < 1.29 is 9.50 Å². The van der Waals surface area contributed by atoms with Crippen LogP contribution >= 0.6 is 11.6 Å². The minimum atomic E-state index is -0.453. The van der Waals surface area contributed by atoms with Gasteiger partial charge in [0.05, 0.1) is 10.7 Å². The second kappa shape index (κ2) is 4.44. The first kappa shape index (κ1) is 10.3. The third-order valence-electron chi connectivity index (χ3n) is 1.76. The van der Waals surface area contributed by atoms with E-state index in [9.17, 15) is 4.39 Å². The van der Waals surface area contributed by atoms with Crippen LogP contribution in [0, 0.1) is 5.82 Å². The van der Waals surface area contributed by atoms with E-state index in [0.29, 0.717) is 12.1 Å². The van der Waals surface area contributed by atoms with E-state index in [2.05, 4.69) is 5.32 Å². The highest BCUT2D eigenvalue weighted by molar-refractivity contribution is 6.31. The Morgan fingerprint density at radius 2 is 2.23 bits per heavy atom. The summed E-state index contributed by atoms with van der Waals surface area (Å²) in [6.07, 6.45) is 0.481. The number of benzene rings is 1. The Bertz CT molecular complexity index is 304.